The number of carbonyl (C=O) groups excluding carboxylic acids is 1. The maximum absolute atomic E-state index is 13.0. The Balaban J connectivity index is 1.75. The molecule has 35 heavy (non-hydrogen) atoms. The molecule has 0 aromatic heterocycles. The molecule has 1 aliphatic heterocycles. The van der Waals surface area contributed by atoms with E-state index in [1.54, 1.807) is 24.3 Å². The number of allylic oxidation sites excluding steroid dienone is 1. The van der Waals surface area contributed by atoms with Gasteiger partial charge in [0.15, 0.2) is 0 Å². The minimum absolute atomic E-state index is 0.0417. The van der Waals surface area contributed by atoms with Crippen LogP contribution in [0.1, 0.15) is 49.3 Å². The van der Waals surface area contributed by atoms with Crippen LogP contribution < -0.4 is 0 Å². The van der Waals surface area contributed by atoms with Gasteiger partial charge in [-0.15, -0.1) is 0 Å². The molecule has 1 saturated carbocycles. The zero-order valence-corrected chi connectivity index (χ0v) is 18.6. The third-order valence-electron chi connectivity index (χ3n) is 6.15. The molecule has 0 saturated heterocycles. The summed E-state index contributed by atoms with van der Waals surface area (Å²) in [5.74, 6) is -1.84. The molecular weight excluding hydrogens is 456 g/mol. The van der Waals surface area contributed by atoms with Crippen molar-refractivity contribution in [3.63, 3.8) is 0 Å². The second-order valence-corrected chi connectivity index (χ2v) is 8.43. The molecule has 0 spiro atoms. The molecular formula is C24H22N4O7. The summed E-state index contributed by atoms with van der Waals surface area (Å²) < 4.78 is 0. The van der Waals surface area contributed by atoms with Crippen molar-refractivity contribution in [2.24, 2.45) is 11.0 Å². The van der Waals surface area contributed by atoms with Crippen molar-refractivity contribution < 1.29 is 24.5 Å². The van der Waals surface area contributed by atoms with Crippen molar-refractivity contribution in [3.05, 3.63) is 85.5 Å². The van der Waals surface area contributed by atoms with Gasteiger partial charge < -0.3 is 5.11 Å². The molecule has 2 aromatic carbocycles. The minimum atomic E-state index is -1.11. The molecule has 11 heteroatoms. The number of hydrogen-bond donors (Lipinski definition) is 1. The molecule has 180 valence electrons. The van der Waals surface area contributed by atoms with Crippen LogP contribution in [0.3, 0.4) is 0 Å². The first-order valence-corrected chi connectivity index (χ1v) is 11.1. The van der Waals surface area contributed by atoms with E-state index in [1.807, 2.05) is 6.08 Å². The second-order valence-electron chi connectivity index (χ2n) is 8.43. The van der Waals surface area contributed by atoms with Crippen molar-refractivity contribution in [1.29, 1.82) is 0 Å². The maximum atomic E-state index is 13.0. The molecule has 11 nitrogen and oxygen atoms in total. The molecule has 1 aliphatic carbocycles. The first kappa shape index (κ1) is 23.7. The van der Waals surface area contributed by atoms with Gasteiger partial charge in [-0.25, -0.2) is 5.01 Å². The maximum Gasteiger partial charge on any atom is 0.303 e. The molecule has 1 amide bonds. The Morgan fingerprint density at radius 3 is 2.43 bits per heavy atom. The van der Waals surface area contributed by atoms with E-state index in [0.717, 1.165) is 12.0 Å². The van der Waals surface area contributed by atoms with Crippen LogP contribution in [-0.2, 0) is 9.59 Å². The average molecular weight is 478 g/mol. The fourth-order valence-electron chi connectivity index (χ4n) is 4.62. The lowest BCUT2D eigenvalue weighted by molar-refractivity contribution is -0.385. The lowest BCUT2D eigenvalue weighted by Crippen LogP contribution is -2.32. The van der Waals surface area contributed by atoms with E-state index in [0.29, 0.717) is 29.7 Å². The fraction of sp³-hybridized carbons (Fsp3) is 0.292. The number of benzene rings is 2. The molecule has 2 aliphatic rings. The van der Waals surface area contributed by atoms with Crippen molar-refractivity contribution in [2.75, 3.05) is 0 Å². The van der Waals surface area contributed by atoms with E-state index < -0.39 is 27.8 Å². The fourth-order valence-corrected chi connectivity index (χ4v) is 4.62. The van der Waals surface area contributed by atoms with Gasteiger partial charge in [-0.2, -0.15) is 5.10 Å². The molecule has 1 fully saturated rings. The number of aliphatic carboxylic acids is 1. The highest BCUT2D eigenvalue weighted by atomic mass is 16.6. The van der Waals surface area contributed by atoms with Gasteiger partial charge >= 0.3 is 5.97 Å². The third-order valence-corrected chi connectivity index (χ3v) is 6.15. The topological polar surface area (TPSA) is 156 Å². The summed E-state index contributed by atoms with van der Waals surface area (Å²) in [5.41, 5.74) is 2.48. The Hall–Kier alpha value is -4.41. The number of rotatable bonds is 7. The number of carboxylic acid groups (broad SMARTS) is 1. The minimum Gasteiger partial charge on any atom is -0.481 e. The number of carboxylic acids is 1. The summed E-state index contributed by atoms with van der Waals surface area (Å²) in [4.78, 5) is 45.6. The van der Waals surface area contributed by atoms with Crippen LogP contribution in [0.4, 0.5) is 11.4 Å². The summed E-state index contributed by atoms with van der Waals surface area (Å²) in [6.45, 7) is 0. The SMILES string of the molecule is O=C(O)CCC(=O)N1N=C2/C(=C/c3cccc([N+](=O)[O-])c3)CCC[C@@H]2[C@H]1c1cccc([N+](=O)[O-])c1. The predicted octanol–water partition coefficient (Wildman–Crippen LogP) is 4.49. The predicted molar refractivity (Wildman–Crippen MR) is 125 cm³/mol. The van der Waals surface area contributed by atoms with E-state index in [-0.39, 0.29) is 30.1 Å². The standard InChI is InChI=1S/C24H22N4O7/c29-21(10-11-22(30)31)26-24(17-6-2-8-19(14-17)28(34)35)20-9-3-5-16(23(20)25-26)12-15-4-1-7-18(13-15)27(32)33/h1-2,4,6-8,12-14,20,24H,3,5,9-11H2,(H,30,31)/b16-12+/t20-,24+/m0/s1. The number of nitro benzene ring substituents is 2. The second kappa shape index (κ2) is 9.84. The van der Waals surface area contributed by atoms with Gasteiger partial charge in [0.05, 0.1) is 28.0 Å². The van der Waals surface area contributed by atoms with E-state index in [1.165, 1.54) is 29.3 Å². The number of fused-ring (bicyclic) bond motifs is 1. The molecule has 1 heterocycles. The Kier molecular flexibility index (Phi) is 6.67. The van der Waals surface area contributed by atoms with Crippen LogP contribution in [-0.4, -0.2) is 37.6 Å². The summed E-state index contributed by atoms with van der Waals surface area (Å²) in [7, 11) is 0. The first-order chi connectivity index (χ1) is 16.7. The lowest BCUT2D eigenvalue weighted by Gasteiger charge is -2.29. The van der Waals surface area contributed by atoms with Crippen molar-refractivity contribution in [3.8, 4) is 0 Å². The Labute approximate surface area is 199 Å². The van der Waals surface area contributed by atoms with Crippen molar-refractivity contribution in [1.82, 2.24) is 5.01 Å². The first-order valence-electron chi connectivity index (χ1n) is 11.1. The molecule has 1 N–H and O–H groups in total. The van der Waals surface area contributed by atoms with Crippen molar-refractivity contribution >= 4 is 35.0 Å². The quantitative estimate of drug-likeness (QED) is 0.454. The Morgan fingerprint density at radius 1 is 1.06 bits per heavy atom. The summed E-state index contributed by atoms with van der Waals surface area (Å²) in [5, 5.41) is 37.4. The van der Waals surface area contributed by atoms with Crippen molar-refractivity contribution in [2.45, 2.75) is 38.1 Å². The van der Waals surface area contributed by atoms with Gasteiger partial charge in [0.25, 0.3) is 11.4 Å². The monoisotopic (exact) mass is 478 g/mol. The summed E-state index contributed by atoms with van der Waals surface area (Å²) in [6, 6.07) is 11.6. The summed E-state index contributed by atoms with van der Waals surface area (Å²) in [6.07, 6.45) is 3.30. The summed E-state index contributed by atoms with van der Waals surface area (Å²) >= 11 is 0. The molecule has 0 bridgehead atoms. The van der Waals surface area contributed by atoms with Crippen LogP contribution in [0, 0.1) is 26.1 Å². The number of amides is 1. The van der Waals surface area contributed by atoms with E-state index in [9.17, 15) is 29.8 Å². The highest BCUT2D eigenvalue weighted by Crippen LogP contribution is 2.45. The van der Waals surface area contributed by atoms with Gasteiger partial charge in [-0.1, -0.05) is 24.3 Å². The molecule has 0 unspecified atom stereocenters. The van der Waals surface area contributed by atoms with Crippen LogP contribution in [0.2, 0.25) is 0 Å². The number of hydrogen-bond acceptors (Lipinski definition) is 7. The normalized spacial score (nSPS) is 20.3. The zero-order chi connectivity index (χ0) is 25.1. The largest absolute Gasteiger partial charge is 0.481 e. The molecule has 2 aromatic rings. The average Bonchev–Trinajstić information content (AvgIpc) is 3.23. The van der Waals surface area contributed by atoms with E-state index >= 15 is 0 Å². The number of nitrogens with zero attached hydrogens (tertiary/aromatic N) is 4. The number of hydrazone groups is 1. The van der Waals surface area contributed by atoms with Gasteiger partial charge in [0.1, 0.15) is 0 Å². The Bertz CT molecular complexity index is 1270. The van der Waals surface area contributed by atoms with Gasteiger partial charge in [0.2, 0.25) is 5.91 Å². The smallest absolute Gasteiger partial charge is 0.303 e. The molecule has 0 radical (unpaired) electrons. The van der Waals surface area contributed by atoms with E-state index in [2.05, 4.69) is 5.10 Å². The number of carbonyl (C=O) groups is 2. The van der Waals surface area contributed by atoms with Gasteiger partial charge in [-0.05, 0) is 42.0 Å². The zero-order valence-electron chi connectivity index (χ0n) is 18.6. The van der Waals surface area contributed by atoms with Crippen LogP contribution in [0.25, 0.3) is 6.08 Å². The molecule has 2 atom stereocenters. The Morgan fingerprint density at radius 2 is 1.74 bits per heavy atom. The van der Waals surface area contributed by atoms with Crippen LogP contribution in [0.5, 0.6) is 0 Å². The van der Waals surface area contributed by atoms with Gasteiger partial charge in [-0.3, -0.25) is 29.8 Å². The number of non-ortho nitro benzene ring substituents is 2. The highest BCUT2D eigenvalue weighted by molar-refractivity contribution is 6.08. The lowest BCUT2D eigenvalue weighted by atomic mass is 9.77. The highest BCUT2D eigenvalue weighted by Gasteiger charge is 2.44. The number of nitro groups is 2. The third kappa shape index (κ3) is 5.08. The molecule has 4 rings (SSSR count). The van der Waals surface area contributed by atoms with Crippen LogP contribution in [0.15, 0.2) is 59.2 Å². The van der Waals surface area contributed by atoms with Crippen LogP contribution >= 0.6 is 0 Å². The van der Waals surface area contributed by atoms with E-state index in [4.69, 9.17) is 5.11 Å². The van der Waals surface area contributed by atoms with Gasteiger partial charge in [0, 0.05) is 36.6 Å².